The van der Waals surface area contributed by atoms with Gasteiger partial charge in [0.25, 0.3) is 5.91 Å². The highest BCUT2D eigenvalue weighted by Gasteiger charge is 2.28. The molecule has 1 amide bonds. The highest BCUT2D eigenvalue weighted by atomic mass is 32.2. The molecule has 2 N–H and O–H groups in total. The van der Waals surface area contributed by atoms with E-state index >= 15 is 0 Å². The fraction of sp³-hybridized carbons (Fsp3) is 0.250. The van der Waals surface area contributed by atoms with E-state index in [1.165, 1.54) is 12.1 Å². The zero-order valence-electron chi connectivity index (χ0n) is 18.2. The molecule has 1 saturated carbocycles. The number of hydrogen-bond donors (Lipinski definition) is 2. The quantitative estimate of drug-likeness (QED) is 0.471. The topological polar surface area (TPSA) is 107 Å². The Morgan fingerprint density at radius 3 is 2.55 bits per heavy atom. The molecule has 9 heteroatoms. The van der Waals surface area contributed by atoms with Crippen LogP contribution in [0.15, 0.2) is 71.8 Å². The molecule has 0 saturated heterocycles. The van der Waals surface area contributed by atoms with E-state index in [0.29, 0.717) is 18.2 Å². The summed E-state index contributed by atoms with van der Waals surface area (Å²) < 4.78 is 38.6. The lowest BCUT2D eigenvalue weighted by Crippen LogP contribution is -2.27. The van der Waals surface area contributed by atoms with Crippen molar-refractivity contribution < 1.29 is 22.7 Å². The number of carbonyl (C=O) groups is 1. The lowest BCUT2D eigenvalue weighted by molar-refractivity contribution is 0.0950. The maximum atomic E-state index is 12.6. The van der Waals surface area contributed by atoms with Gasteiger partial charge in [0.05, 0.1) is 11.5 Å². The molecule has 0 spiro atoms. The molecule has 0 aliphatic heterocycles. The Labute approximate surface area is 193 Å². The zero-order valence-corrected chi connectivity index (χ0v) is 19.0. The second kappa shape index (κ2) is 10.0. The molecule has 1 aromatic heterocycles. The van der Waals surface area contributed by atoms with Crippen molar-refractivity contribution in [2.75, 3.05) is 6.61 Å². The first-order chi connectivity index (χ1) is 15.9. The third-order valence-electron chi connectivity index (χ3n) is 4.92. The van der Waals surface area contributed by atoms with Crippen LogP contribution in [-0.2, 0) is 16.6 Å². The predicted octanol–water partition coefficient (Wildman–Crippen LogP) is 3.64. The van der Waals surface area contributed by atoms with E-state index in [4.69, 9.17) is 9.47 Å². The van der Waals surface area contributed by atoms with E-state index in [-0.39, 0.29) is 29.0 Å². The number of nitrogens with one attached hydrogen (secondary N) is 2. The van der Waals surface area contributed by atoms with E-state index in [1.54, 1.807) is 42.6 Å². The van der Waals surface area contributed by atoms with Crippen molar-refractivity contribution in [2.24, 2.45) is 0 Å². The van der Waals surface area contributed by atoms with Crippen molar-refractivity contribution in [3.63, 3.8) is 0 Å². The van der Waals surface area contributed by atoms with Crippen LogP contribution in [0.1, 0.15) is 35.7 Å². The SMILES string of the molecule is CCOc1ccc(Oc2cc(CNC(=O)c3cccc(S(=O)(=O)NC4CC4)c3)ccn2)cc1. The Morgan fingerprint density at radius 2 is 1.82 bits per heavy atom. The first-order valence-electron chi connectivity index (χ1n) is 10.7. The van der Waals surface area contributed by atoms with E-state index in [1.807, 2.05) is 19.1 Å². The van der Waals surface area contributed by atoms with Crippen molar-refractivity contribution in [1.29, 1.82) is 0 Å². The Kier molecular flexibility index (Phi) is 6.90. The molecule has 0 bridgehead atoms. The van der Waals surface area contributed by atoms with Crippen molar-refractivity contribution in [3.8, 4) is 17.4 Å². The van der Waals surface area contributed by atoms with Gasteiger partial charge in [-0.25, -0.2) is 18.1 Å². The van der Waals surface area contributed by atoms with Crippen LogP contribution in [0.2, 0.25) is 0 Å². The van der Waals surface area contributed by atoms with Crippen LogP contribution in [0, 0.1) is 0 Å². The molecule has 172 valence electrons. The van der Waals surface area contributed by atoms with Gasteiger partial charge >= 0.3 is 0 Å². The zero-order chi connectivity index (χ0) is 23.3. The van der Waals surface area contributed by atoms with Gasteiger partial charge in [-0.3, -0.25) is 4.79 Å². The minimum absolute atomic E-state index is 0.00167. The van der Waals surface area contributed by atoms with Gasteiger partial charge < -0.3 is 14.8 Å². The molecule has 0 atom stereocenters. The number of aromatic nitrogens is 1. The molecule has 8 nitrogen and oxygen atoms in total. The second-order valence-corrected chi connectivity index (χ2v) is 9.33. The molecule has 1 heterocycles. The highest BCUT2D eigenvalue weighted by Crippen LogP contribution is 2.24. The summed E-state index contributed by atoms with van der Waals surface area (Å²) in [7, 11) is -3.62. The van der Waals surface area contributed by atoms with Crippen LogP contribution < -0.4 is 19.5 Å². The lowest BCUT2D eigenvalue weighted by Gasteiger charge is -2.10. The van der Waals surface area contributed by atoms with Gasteiger partial charge in [0.2, 0.25) is 15.9 Å². The van der Waals surface area contributed by atoms with Crippen molar-refractivity contribution in [3.05, 3.63) is 78.0 Å². The van der Waals surface area contributed by atoms with Crippen LogP contribution in [0.5, 0.6) is 17.4 Å². The van der Waals surface area contributed by atoms with Crippen molar-refractivity contribution in [1.82, 2.24) is 15.0 Å². The van der Waals surface area contributed by atoms with Crippen LogP contribution in [0.4, 0.5) is 0 Å². The van der Waals surface area contributed by atoms with Crippen molar-refractivity contribution >= 4 is 15.9 Å². The fourth-order valence-electron chi connectivity index (χ4n) is 3.09. The van der Waals surface area contributed by atoms with Gasteiger partial charge in [-0.05, 0) is 73.9 Å². The number of pyridine rings is 1. The molecule has 4 rings (SSSR count). The Balaban J connectivity index is 1.37. The first kappa shape index (κ1) is 22.8. The van der Waals surface area contributed by atoms with Gasteiger partial charge in [-0.1, -0.05) is 6.07 Å². The molecule has 2 aromatic carbocycles. The smallest absolute Gasteiger partial charge is 0.251 e. The maximum absolute atomic E-state index is 12.6. The molecule has 1 aliphatic rings. The summed E-state index contributed by atoms with van der Waals surface area (Å²) >= 11 is 0. The number of ether oxygens (including phenoxy) is 2. The van der Waals surface area contributed by atoms with E-state index in [2.05, 4.69) is 15.0 Å². The summed E-state index contributed by atoms with van der Waals surface area (Å²) in [6.07, 6.45) is 3.29. The fourth-order valence-corrected chi connectivity index (χ4v) is 4.44. The summed E-state index contributed by atoms with van der Waals surface area (Å²) in [6.45, 7) is 2.74. The standard InChI is InChI=1S/C24H25N3O5S/c1-2-31-20-8-10-21(11-9-20)32-23-14-17(12-13-25-23)16-26-24(28)18-4-3-5-22(15-18)33(29,30)27-19-6-7-19/h3-5,8-15,19,27H,2,6-7,16H2,1H3,(H,26,28). The minimum atomic E-state index is -3.62. The third kappa shape index (κ3) is 6.30. The van der Waals surface area contributed by atoms with Gasteiger partial charge in [0, 0.05) is 30.4 Å². The molecule has 1 aliphatic carbocycles. The normalized spacial score (nSPS) is 13.4. The van der Waals surface area contributed by atoms with Gasteiger partial charge in [0.15, 0.2) is 0 Å². The van der Waals surface area contributed by atoms with E-state index < -0.39 is 10.0 Å². The highest BCUT2D eigenvalue weighted by molar-refractivity contribution is 7.89. The average Bonchev–Trinajstić information content (AvgIpc) is 3.63. The lowest BCUT2D eigenvalue weighted by atomic mass is 10.2. The minimum Gasteiger partial charge on any atom is -0.494 e. The molecular weight excluding hydrogens is 442 g/mol. The number of rotatable bonds is 10. The summed E-state index contributed by atoms with van der Waals surface area (Å²) in [5.74, 6) is 1.40. The van der Waals surface area contributed by atoms with Crippen LogP contribution in [0.25, 0.3) is 0 Å². The number of hydrogen-bond acceptors (Lipinski definition) is 6. The third-order valence-corrected chi connectivity index (χ3v) is 6.43. The molecule has 3 aromatic rings. The molecule has 1 fully saturated rings. The second-order valence-electron chi connectivity index (χ2n) is 7.61. The van der Waals surface area contributed by atoms with Crippen LogP contribution in [-0.4, -0.2) is 32.0 Å². The predicted molar refractivity (Wildman–Crippen MR) is 123 cm³/mol. The van der Waals surface area contributed by atoms with Crippen LogP contribution >= 0.6 is 0 Å². The number of benzene rings is 2. The molecule has 0 radical (unpaired) electrons. The first-order valence-corrected chi connectivity index (χ1v) is 12.2. The number of nitrogens with zero attached hydrogens (tertiary/aromatic N) is 1. The van der Waals surface area contributed by atoms with Gasteiger partial charge in [0.1, 0.15) is 11.5 Å². The largest absolute Gasteiger partial charge is 0.494 e. The van der Waals surface area contributed by atoms with Gasteiger partial charge in [-0.2, -0.15) is 0 Å². The maximum Gasteiger partial charge on any atom is 0.251 e. The molecule has 33 heavy (non-hydrogen) atoms. The molecule has 0 unspecified atom stereocenters. The Morgan fingerprint density at radius 1 is 1.06 bits per heavy atom. The van der Waals surface area contributed by atoms with E-state index in [0.717, 1.165) is 24.2 Å². The Hall–Kier alpha value is -3.43. The van der Waals surface area contributed by atoms with Gasteiger partial charge in [-0.15, -0.1) is 0 Å². The number of carbonyl (C=O) groups excluding carboxylic acids is 1. The van der Waals surface area contributed by atoms with E-state index in [9.17, 15) is 13.2 Å². The summed E-state index contributed by atoms with van der Waals surface area (Å²) in [5, 5.41) is 2.81. The number of sulfonamides is 1. The summed E-state index contributed by atoms with van der Waals surface area (Å²) in [5.41, 5.74) is 1.06. The summed E-state index contributed by atoms with van der Waals surface area (Å²) in [4.78, 5) is 16.9. The molecular formula is C24H25N3O5S. The van der Waals surface area contributed by atoms with Crippen LogP contribution in [0.3, 0.4) is 0 Å². The van der Waals surface area contributed by atoms with Crippen molar-refractivity contribution in [2.45, 2.75) is 37.2 Å². The Bertz CT molecular complexity index is 1220. The summed E-state index contributed by atoms with van der Waals surface area (Å²) in [6, 6.07) is 16.7. The monoisotopic (exact) mass is 467 g/mol. The number of amides is 1. The average molecular weight is 468 g/mol.